The third kappa shape index (κ3) is 4.03. The van der Waals surface area contributed by atoms with Gasteiger partial charge in [-0.15, -0.1) is 11.3 Å². The summed E-state index contributed by atoms with van der Waals surface area (Å²) in [5.41, 5.74) is 2.07. The Bertz CT molecular complexity index is 930. The van der Waals surface area contributed by atoms with Gasteiger partial charge < -0.3 is 9.64 Å². The second-order valence-electron chi connectivity index (χ2n) is 7.14. The Balaban J connectivity index is 1.35. The lowest BCUT2D eigenvalue weighted by Gasteiger charge is -2.37. The summed E-state index contributed by atoms with van der Waals surface area (Å²) in [6, 6.07) is 16.3. The molecule has 28 heavy (non-hydrogen) atoms. The van der Waals surface area contributed by atoms with Gasteiger partial charge in [-0.05, 0) is 36.8 Å². The maximum atomic E-state index is 12.7. The first kappa shape index (κ1) is 18.9. The highest BCUT2D eigenvalue weighted by atomic mass is 32.1. The first-order chi connectivity index (χ1) is 13.6. The van der Waals surface area contributed by atoms with Crippen LogP contribution < -0.4 is 4.74 Å². The summed E-state index contributed by atoms with van der Waals surface area (Å²) in [4.78, 5) is 21.9. The molecule has 6 heteroatoms. The third-order valence-electron chi connectivity index (χ3n) is 5.37. The average molecular weight is 396 g/mol. The Morgan fingerprint density at radius 2 is 1.93 bits per heavy atom. The monoisotopic (exact) mass is 395 g/mol. The quantitative estimate of drug-likeness (QED) is 0.660. The number of hydrogen-bond donors (Lipinski definition) is 0. The zero-order valence-corrected chi connectivity index (χ0v) is 17.1. The lowest BCUT2D eigenvalue weighted by atomic mass is 10.1. The van der Waals surface area contributed by atoms with E-state index in [1.165, 1.54) is 4.70 Å². The molecule has 1 fully saturated rings. The number of thiazole rings is 1. The fourth-order valence-electron chi connectivity index (χ4n) is 3.65. The Hall–Kier alpha value is -2.44. The largest absolute Gasteiger partial charge is 0.497 e. The summed E-state index contributed by atoms with van der Waals surface area (Å²) >= 11 is 1.77. The van der Waals surface area contributed by atoms with Gasteiger partial charge in [0.15, 0.2) is 0 Å². The molecule has 1 amide bonds. The molecule has 4 rings (SSSR count). The van der Waals surface area contributed by atoms with E-state index in [-0.39, 0.29) is 11.9 Å². The topological polar surface area (TPSA) is 45.7 Å². The van der Waals surface area contributed by atoms with Crippen LogP contribution in [0.4, 0.5) is 0 Å². The van der Waals surface area contributed by atoms with Gasteiger partial charge in [0.25, 0.3) is 0 Å². The number of aromatic nitrogens is 1. The van der Waals surface area contributed by atoms with Crippen molar-refractivity contribution < 1.29 is 9.53 Å². The zero-order chi connectivity index (χ0) is 19.5. The SMILES string of the molecule is COc1cccc(CC(=O)N2CCN(C(C)c3nc4ccccc4s3)CC2)c1. The van der Waals surface area contributed by atoms with Gasteiger partial charge in [0.2, 0.25) is 5.91 Å². The predicted octanol–water partition coefficient (Wildman–Crippen LogP) is 3.75. The van der Waals surface area contributed by atoms with Crippen molar-refractivity contribution in [2.24, 2.45) is 0 Å². The number of para-hydroxylation sites is 1. The smallest absolute Gasteiger partial charge is 0.227 e. The van der Waals surface area contributed by atoms with Crippen LogP contribution in [0.5, 0.6) is 5.75 Å². The van der Waals surface area contributed by atoms with Crippen LogP contribution in [0.3, 0.4) is 0 Å². The lowest BCUT2D eigenvalue weighted by molar-refractivity contribution is -0.132. The molecule has 1 aliphatic rings. The number of rotatable bonds is 5. The molecule has 2 heterocycles. The number of fused-ring (bicyclic) bond motifs is 1. The number of benzene rings is 2. The number of carbonyl (C=O) groups is 1. The number of methoxy groups -OCH3 is 1. The van der Waals surface area contributed by atoms with Gasteiger partial charge in [-0.1, -0.05) is 24.3 Å². The van der Waals surface area contributed by atoms with Crippen molar-refractivity contribution >= 4 is 27.5 Å². The molecular weight excluding hydrogens is 370 g/mol. The molecule has 3 aromatic rings. The molecule has 0 N–H and O–H groups in total. The number of piperazine rings is 1. The van der Waals surface area contributed by atoms with Crippen LogP contribution in [0.15, 0.2) is 48.5 Å². The van der Waals surface area contributed by atoms with E-state index in [1.807, 2.05) is 35.2 Å². The molecule has 0 bridgehead atoms. The fraction of sp³-hybridized carbons (Fsp3) is 0.364. The zero-order valence-electron chi connectivity index (χ0n) is 16.3. The Morgan fingerprint density at radius 3 is 2.68 bits per heavy atom. The molecule has 1 saturated heterocycles. The van der Waals surface area contributed by atoms with E-state index in [4.69, 9.17) is 9.72 Å². The van der Waals surface area contributed by atoms with Gasteiger partial charge in [-0.2, -0.15) is 0 Å². The molecule has 0 saturated carbocycles. The molecule has 1 unspecified atom stereocenters. The second-order valence-corrected chi connectivity index (χ2v) is 8.20. The first-order valence-electron chi connectivity index (χ1n) is 9.64. The van der Waals surface area contributed by atoms with Gasteiger partial charge in [0.1, 0.15) is 10.8 Å². The maximum absolute atomic E-state index is 12.7. The highest BCUT2D eigenvalue weighted by Gasteiger charge is 2.26. The number of ether oxygens (including phenoxy) is 1. The summed E-state index contributed by atoms with van der Waals surface area (Å²) in [5.74, 6) is 0.973. The summed E-state index contributed by atoms with van der Waals surface area (Å²) in [6.07, 6.45) is 0.421. The van der Waals surface area contributed by atoms with Crippen molar-refractivity contribution in [2.45, 2.75) is 19.4 Å². The minimum atomic E-state index is 0.181. The van der Waals surface area contributed by atoms with Crippen molar-refractivity contribution in [3.63, 3.8) is 0 Å². The lowest BCUT2D eigenvalue weighted by Crippen LogP contribution is -2.49. The fourth-order valence-corrected chi connectivity index (χ4v) is 4.71. The highest BCUT2D eigenvalue weighted by Crippen LogP contribution is 2.30. The summed E-state index contributed by atoms with van der Waals surface area (Å²) in [5, 5.41) is 1.15. The minimum Gasteiger partial charge on any atom is -0.497 e. The minimum absolute atomic E-state index is 0.181. The average Bonchev–Trinajstić information content (AvgIpc) is 3.17. The van der Waals surface area contributed by atoms with Gasteiger partial charge >= 0.3 is 0 Å². The second kappa shape index (κ2) is 8.29. The summed E-state index contributed by atoms with van der Waals surface area (Å²) in [7, 11) is 1.65. The molecule has 1 aliphatic heterocycles. The van der Waals surface area contributed by atoms with Gasteiger partial charge in [-0.25, -0.2) is 4.98 Å². The highest BCUT2D eigenvalue weighted by molar-refractivity contribution is 7.18. The molecule has 1 aromatic heterocycles. The van der Waals surface area contributed by atoms with Crippen molar-refractivity contribution in [3.8, 4) is 5.75 Å². The van der Waals surface area contributed by atoms with Gasteiger partial charge in [-0.3, -0.25) is 9.69 Å². The summed E-state index contributed by atoms with van der Waals surface area (Å²) in [6.45, 7) is 5.49. The van der Waals surface area contributed by atoms with Crippen molar-refractivity contribution in [2.75, 3.05) is 33.3 Å². The molecule has 2 aromatic carbocycles. The van der Waals surface area contributed by atoms with Crippen LogP contribution in [0.25, 0.3) is 10.2 Å². The van der Waals surface area contributed by atoms with Gasteiger partial charge in [0, 0.05) is 26.2 Å². The number of amides is 1. The maximum Gasteiger partial charge on any atom is 0.227 e. The molecule has 5 nitrogen and oxygen atoms in total. The summed E-state index contributed by atoms with van der Waals surface area (Å²) < 4.78 is 6.48. The molecule has 146 valence electrons. The number of hydrogen-bond acceptors (Lipinski definition) is 5. The Kier molecular flexibility index (Phi) is 5.59. The molecular formula is C22H25N3O2S. The number of carbonyl (C=O) groups excluding carboxylic acids is 1. The van der Waals surface area contributed by atoms with E-state index >= 15 is 0 Å². The molecule has 0 spiro atoms. The van der Waals surface area contributed by atoms with Crippen molar-refractivity contribution in [1.82, 2.24) is 14.8 Å². The molecule has 0 radical (unpaired) electrons. The van der Waals surface area contributed by atoms with Crippen LogP contribution in [0.2, 0.25) is 0 Å². The van der Waals surface area contributed by atoms with E-state index in [0.29, 0.717) is 6.42 Å². The Morgan fingerprint density at radius 1 is 1.14 bits per heavy atom. The van der Waals surface area contributed by atoms with Crippen LogP contribution in [-0.2, 0) is 11.2 Å². The van der Waals surface area contributed by atoms with E-state index in [0.717, 1.165) is 48.0 Å². The Labute approximate surface area is 169 Å². The normalized spacial score (nSPS) is 16.3. The van der Waals surface area contributed by atoms with Crippen LogP contribution in [-0.4, -0.2) is 54.0 Å². The van der Waals surface area contributed by atoms with E-state index in [2.05, 4.69) is 30.0 Å². The standard InChI is InChI=1S/C22H25N3O2S/c1-16(22-23-19-8-3-4-9-20(19)28-22)24-10-12-25(13-11-24)21(26)15-17-6-5-7-18(14-17)27-2/h3-9,14,16H,10-13,15H2,1-2H3. The van der Waals surface area contributed by atoms with Crippen LogP contribution in [0, 0.1) is 0 Å². The third-order valence-corrected chi connectivity index (χ3v) is 6.58. The predicted molar refractivity (Wildman–Crippen MR) is 113 cm³/mol. The van der Waals surface area contributed by atoms with E-state index in [1.54, 1.807) is 18.4 Å². The van der Waals surface area contributed by atoms with Gasteiger partial charge in [0.05, 0.1) is 29.8 Å². The van der Waals surface area contributed by atoms with Crippen LogP contribution >= 0.6 is 11.3 Å². The van der Waals surface area contributed by atoms with Crippen molar-refractivity contribution in [3.05, 3.63) is 59.1 Å². The van der Waals surface area contributed by atoms with E-state index < -0.39 is 0 Å². The number of nitrogens with zero attached hydrogens (tertiary/aromatic N) is 3. The van der Waals surface area contributed by atoms with Crippen LogP contribution in [0.1, 0.15) is 23.5 Å². The van der Waals surface area contributed by atoms with Crippen molar-refractivity contribution in [1.29, 1.82) is 0 Å². The molecule has 0 aliphatic carbocycles. The van der Waals surface area contributed by atoms with E-state index in [9.17, 15) is 4.79 Å². The first-order valence-corrected chi connectivity index (χ1v) is 10.5. The molecule has 1 atom stereocenters.